The lowest BCUT2D eigenvalue weighted by Crippen LogP contribution is -2.65. The Bertz CT molecular complexity index is 999. The summed E-state index contributed by atoms with van der Waals surface area (Å²) in [6.45, 7) is 4.12. The van der Waals surface area contributed by atoms with Crippen LogP contribution in [0, 0.1) is 5.41 Å². The summed E-state index contributed by atoms with van der Waals surface area (Å²) in [7, 11) is 0. The molecule has 0 aromatic heterocycles. The topological polar surface area (TPSA) is 95.9 Å². The zero-order chi connectivity index (χ0) is 22.9. The molecular weight excluding hydrogens is 408 g/mol. The average molecular weight is 437 g/mol. The van der Waals surface area contributed by atoms with Crippen molar-refractivity contribution in [1.29, 1.82) is 0 Å². The number of carboxylic acid groups (broad SMARTS) is 1. The van der Waals surface area contributed by atoms with Crippen LogP contribution in [0.1, 0.15) is 43.7 Å². The van der Waals surface area contributed by atoms with Crippen LogP contribution in [-0.4, -0.2) is 53.7 Å². The summed E-state index contributed by atoms with van der Waals surface area (Å²) in [5, 5.41) is 12.1. The summed E-state index contributed by atoms with van der Waals surface area (Å²) in [5.41, 5.74) is 3.66. The van der Waals surface area contributed by atoms with Gasteiger partial charge in [0.1, 0.15) is 18.1 Å². The highest BCUT2D eigenvalue weighted by Gasteiger charge is 2.50. The Balaban J connectivity index is 1.37. The van der Waals surface area contributed by atoms with Gasteiger partial charge in [0.05, 0.1) is 0 Å². The predicted octanol–water partition coefficient (Wildman–Crippen LogP) is 3.63. The maximum absolute atomic E-state index is 12.8. The van der Waals surface area contributed by atoms with Crippen molar-refractivity contribution in [2.45, 2.75) is 38.6 Å². The molecule has 2 aromatic rings. The van der Waals surface area contributed by atoms with Crippen molar-refractivity contribution in [1.82, 2.24) is 10.2 Å². The summed E-state index contributed by atoms with van der Waals surface area (Å²) in [6, 6.07) is 15.4. The summed E-state index contributed by atoms with van der Waals surface area (Å²) >= 11 is 0. The Morgan fingerprint density at radius 3 is 2.12 bits per heavy atom. The van der Waals surface area contributed by atoms with E-state index >= 15 is 0 Å². The molecule has 1 fully saturated rings. The Labute approximate surface area is 187 Å². The second-order valence-corrected chi connectivity index (χ2v) is 8.56. The molecule has 1 aliphatic carbocycles. The molecule has 7 heteroatoms. The van der Waals surface area contributed by atoms with Crippen molar-refractivity contribution in [2.24, 2.45) is 5.41 Å². The highest BCUT2D eigenvalue weighted by molar-refractivity contribution is 5.89. The minimum atomic E-state index is -0.887. The number of fused-ring (bicyclic) bond motifs is 3. The fourth-order valence-electron chi connectivity index (χ4n) is 4.69. The van der Waals surface area contributed by atoms with Crippen LogP contribution in [0.2, 0.25) is 0 Å². The Kier molecular flexibility index (Phi) is 5.91. The molecule has 7 nitrogen and oxygen atoms in total. The molecule has 1 atom stereocenters. The first-order valence-electron chi connectivity index (χ1n) is 11.0. The number of ether oxygens (including phenoxy) is 1. The van der Waals surface area contributed by atoms with Crippen molar-refractivity contribution in [3.8, 4) is 11.1 Å². The molecule has 2 aromatic carbocycles. The molecule has 2 N–H and O–H groups in total. The SMILES string of the molecule is CC[C@@H](NC(=O)OCC1c2ccccc2-c2ccccc21)C(=O)N1CC(CC)(C(=O)O)C1. The van der Waals surface area contributed by atoms with Gasteiger partial charge < -0.3 is 20.1 Å². The number of nitrogens with one attached hydrogen (secondary N) is 1. The number of hydrogen-bond donors (Lipinski definition) is 2. The van der Waals surface area contributed by atoms with Gasteiger partial charge in [0.2, 0.25) is 5.91 Å². The van der Waals surface area contributed by atoms with Crippen molar-refractivity contribution in [2.75, 3.05) is 19.7 Å². The molecular formula is C25H28N2O5. The van der Waals surface area contributed by atoms with Gasteiger partial charge >= 0.3 is 12.1 Å². The Morgan fingerprint density at radius 1 is 1.06 bits per heavy atom. The number of alkyl carbamates (subject to hydrolysis) is 1. The number of amides is 2. The van der Waals surface area contributed by atoms with Crippen molar-refractivity contribution in [3.63, 3.8) is 0 Å². The molecule has 2 amide bonds. The van der Waals surface area contributed by atoms with Crippen LogP contribution in [-0.2, 0) is 14.3 Å². The standard InChI is InChI=1S/C25H28N2O5/c1-3-21(22(28)27-14-25(4-2,15-27)23(29)30)26-24(31)32-13-20-18-11-7-5-9-16(18)17-10-6-8-12-19(17)20/h5-12,20-21H,3-4,13-15H2,1-2H3,(H,26,31)(H,29,30)/t21-/m1/s1. The molecule has 168 valence electrons. The van der Waals surface area contributed by atoms with Crippen molar-refractivity contribution in [3.05, 3.63) is 59.7 Å². The molecule has 0 bridgehead atoms. The zero-order valence-corrected chi connectivity index (χ0v) is 18.3. The number of carboxylic acids is 1. The number of nitrogens with zero attached hydrogens (tertiary/aromatic N) is 1. The van der Waals surface area contributed by atoms with E-state index in [1.807, 2.05) is 43.3 Å². The first-order chi connectivity index (χ1) is 15.4. The molecule has 0 spiro atoms. The van der Waals surface area contributed by atoms with Gasteiger partial charge in [0.15, 0.2) is 0 Å². The minimum absolute atomic E-state index is 0.0555. The van der Waals surface area contributed by atoms with E-state index in [0.717, 1.165) is 22.3 Å². The zero-order valence-electron chi connectivity index (χ0n) is 18.3. The molecule has 1 heterocycles. The number of carbonyl (C=O) groups is 3. The minimum Gasteiger partial charge on any atom is -0.481 e. The van der Waals surface area contributed by atoms with E-state index in [0.29, 0.717) is 12.8 Å². The number of carbonyl (C=O) groups excluding carboxylic acids is 2. The molecule has 0 saturated carbocycles. The highest BCUT2D eigenvalue weighted by atomic mass is 16.5. The van der Waals surface area contributed by atoms with Crippen LogP contribution in [0.4, 0.5) is 4.79 Å². The fraction of sp³-hybridized carbons (Fsp3) is 0.400. The van der Waals surface area contributed by atoms with Crippen LogP contribution < -0.4 is 5.32 Å². The van der Waals surface area contributed by atoms with Crippen molar-refractivity contribution >= 4 is 18.0 Å². The number of aliphatic carboxylic acids is 1. The van der Waals surface area contributed by atoms with Gasteiger partial charge in [0.25, 0.3) is 0 Å². The van der Waals surface area contributed by atoms with Gasteiger partial charge in [-0.15, -0.1) is 0 Å². The maximum atomic E-state index is 12.8. The molecule has 1 saturated heterocycles. The summed E-state index contributed by atoms with van der Waals surface area (Å²) < 4.78 is 5.54. The third-order valence-corrected chi connectivity index (χ3v) is 6.77. The first-order valence-corrected chi connectivity index (χ1v) is 11.0. The lowest BCUT2D eigenvalue weighted by Gasteiger charge is -2.47. The normalized spacial score (nSPS) is 17.0. The van der Waals surface area contributed by atoms with Gasteiger partial charge in [-0.3, -0.25) is 9.59 Å². The van der Waals surface area contributed by atoms with Crippen LogP contribution in [0.25, 0.3) is 11.1 Å². The van der Waals surface area contributed by atoms with E-state index in [1.165, 1.54) is 4.90 Å². The van der Waals surface area contributed by atoms with E-state index in [-0.39, 0.29) is 31.5 Å². The molecule has 1 aliphatic heterocycles. The van der Waals surface area contributed by atoms with Gasteiger partial charge in [-0.1, -0.05) is 62.4 Å². The van der Waals surface area contributed by atoms with Crippen LogP contribution in [0.5, 0.6) is 0 Å². The van der Waals surface area contributed by atoms with E-state index < -0.39 is 23.5 Å². The van der Waals surface area contributed by atoms with E-state index in [4.69, 9.17) is 4.74 Å². The number of likely N-dealkylation sites (tertiary alicyclic amines) is 1. The third kappa shape index (κ3) is 3.72. The van der Waals surface area contributed by atoms with Crippen molar-refractivity contribution < 1.29 is 24.2 Å². The van der Waals surface area contributed by atoms with Gasteiger partial charge in [-0.05, 0) is 35.1 Å². The van der Waals surface area contributed by atoms with Gasteiger partial charge in [-0.25, -0.2) is 4.79 Å². The Hall–Kier alpha value is -3.35. The molecule has 0 unspecified atom stereocenters. The average Bonchev–Trinajstić information content (AvgIpc) is 3.09. The van der Waals surface area contributed by atoms with E-state index in [2.05, 4.69) is 17.4 Å². The largest absolute Gasteiger partial charge is 0.481 e. The quantitative estimate of drug-likeness (QED) is 0.691. The van der Waals surface area contributed by atoms with Crippen LogP contribution in [0.3, 0.4) is 0 Å². The molecule has 2 aliphatic rings. The maximum Gasteiger partial charge on any atom is 0.407 e. The first kappa shape index (κ1) is 21.9. The van der Waals surface area contributed by atoms with Crippen LogP contribution in [0.15, 0.2) is 48.5 Å². The number of rotatable bonds is 7. The molecule has 32 heavy (non-hydrogen) atoms. The third-order valence-electron chi connectivity index (χ3n) is 6.77. The molecule has 4 rings (SSSR count). The second-order valence-electron chi connectivity index (χ2n) is 8.56. The predicted molar refractivity (Wildman–Crippen MR) is 119 cm³/mol. The number of hydrogen-bond acceptors (Lipinski definition) is 4. The lowest BCUT2D eigenvalue weighted by molar-refractivity contribution is -0.167. The van der Waals surface area contributed by atoms with E-state index in [9.17, 15) is 19.5 Å². The monoisotopic (exact) mass is 436 g/mol. The second kappa shape index (κ2) is 8.65. The highest BCUT2D eigenvalue weighted by Crippen LogP contribution is 2.44. The molecule has 0 radical (unpaired) electrons. The van der Waals surface area contributed by atoms with Gasteiger partial charge in [0, 0.05) is 19.0 Å². The summed E-state index contributed by atoms with van der Waals surface area (Å²) in [4.78, 5) is 38.3. The number of benzene rings is 2. The van der Waals surface area contributed by atoms with Gasteiger partial charge in [-0.2, -0.15) is 0 Å². The summed E-state index contributed by atoms with van der Waals surface area (Å²) in [5.74, 6) is -1.21. The lowest BCUT2D eigenvalue weighted by atomic mass is 9.77. The fourth-order valence-corrected chi connectivity index (χ4v) is 4.69. The summed E-state index contributed by atoms with van der Waals surface area (Å²) in [6.07, 6.45) is 0.210. The van der Waals surface area contributed by atoms with Crippen LogP contribution >= 0.6 is 0 Å². The Morgan fingerprint density at radius 2 is 1.62 bits per heavy atom. The smallest absolute Gasteiger partial charge is 0.407 e. The van der Waals surface area contributed by atoms with E-state index in [1.54, 1.807) is 6.92 Å².